The van der Waals surface area contributed by atoms with Gasteiger partial charge in [-0.2, -0.15) is 18.4 Å². The molecule has 1 heterocycles. The van der Waals surface area contributed by atoms with Gasteiger partial charge >= 0.3 is 6.18 Å². The van der Waals surface area contributed by atoms with E-state index in [-0.39, 0.29) is 11.7 Å². The molecule has 8 heteroatoms. The van der Waals surface area contributed by atoms with E-state index in [4.69, 9.17) is 14.7 Å². The largest absolute Gasteiger partial charge is 0.497 e. The second-order valence-electron chi connectivity index (χ2n) is 7.85. The van der Waals surface area contributed by atoms with E-state index in [0.29, 0.717) is 18.8 Å². The quantitative estimate of drug-likeness (QED) is 0.722. The van der Waals surface area contributed by atoms with E-state index >= 15 is 0 Å². The van der Waals surface area contributed by atoms with Crippen molar-refractivity contribution in [1.82, 2.24) is 4.90 Å². The van der Waals surface area contributed by atoms with Crippen molar-refractivity contribution in [2.45, 2.75) is 32.7 Å². The summed E-state index contributed by atoms with van der Waals surface area (Å²) in [5.74, 6) is 0.264. The van der Waals surface area contributed by atoms with Gasteiger partial charge in [-0.3, -0.25) is 4.79 Å². The molecule has 158 valence electrons. The standard InChI is InChI=1S/C22H21F3N2O3/c1-21(2)13-27(12-14-5-4-6-16(9-14)29-3)20(28)19(21)30-17-8-7-15(11-26)18(10-17)22(23,24)25/h4-10,19H,12-13H2,1-3H3. The Morgan fingerprint density at radius 2 is 1.93 bits per heavy atom. The van der Waals surface area contributed by atoms with E-state index in [0.717, 1.165) is 17.7 Å². The SMILES string of the molecule is COc1cccc(CN2CC(C)(C)C(Oc3ccc(C#N)c(C(F)(F)F)c3)C2=O)c1. The van der Waals surface area contributed by atoms with Gasteiger partial charge in [-0.1, -0.05) is 26.0 Å². The molecule has 1 aliphatic rings. The Hall–Kier alpha value is -3.21. The molecule has 0 bridgehead atoms. The molecule has 0 aromatic heterocycles. The van der Waals surface area contributed by atoms with Gasteiger partial charge in [0.25, 0.3) is 5.91 Å². The van der Waals surface area contributed by atoms with E-state index in [2.05, 4.69) is 0 Å². The van der Waals surface area contributed by atoms with E-state index < -0.39 is 28.8 Å². The number of amides is 1. The van der Waals surface area contributed by atoms with Crippen molar-refractivity contribution >= 4 is 5.91 Å². The summed E-state index contributed by atoms with van der Waals surface area (Å²) in [6, 6.07) is 11.9. The van der Waals surface area contributed by atoms with Gasteiger partial charge in [0.1, 0.15) is 11.5 Å². The van der Waals surface area contributed by atoms with Gasteiger partial charge in [-0.25, -0.2) is 0 Å². The zero-order valence-electron chi connectivity index (χ0n) is 16.8. The number of likely N-dealkylation sites (tertiary alicyclic amines) is 1. The van der Waals surface area contributed by atoms with Crippen LogP contribution in [-0.2, 0) is 17.5 Å². The molecule has 1 atom stereocenters. The van der Waals surface area contributed by atoms with Gasteiger partial charge in [0.05, 0.1) is 24.3 Å². The molecule has 0 saturated carbocycles. The van der Waals surface area contributed by atoms with Crippen molar-refractivity contribution in [3.05, 3.63) is 59.2 Å². The predicted molar refractivity (Wildman–Crippen MR) is 103 cm³/mol. The monoisotopic (exact) mass is 418 g/mol. The van der Waals surface area contributed by atoms with Crippen LogP contribution in [0.5, 0.6) is 11.5 Å². The molecule has 0 spiro atoms. The molecule has 1 amide bonds. The van der Waals surface area contributed by atoms with Crippen LogP contribution in [0.25, 0.3) is 0 Å². The highest BCUT2D eigenvalue weighted by Gasteiger charge is 2.48. The number of nitrogens with zero attached hydrogens (tertiary/aromatic N) is 2. The lowest BCUT2D eigenvalue weighted by molar-refractivity contribution is -0.138. The fourth-order valence-corrected chi connectivity index (χ4v) is 3.55. The number of carbonyl (C=O) groups is 1. The number of ether oxygens (including phenoxy) is 2. The highest BCUT2D eigenvalue weighted by atomic mass is 19.4. The van der Waals surface area contributed by atoms with Gasteiger partial charge in [-0.05, 0) is 35.9 Å². The Labute approximate surface area is 172 Å². The van der Waals surface area contributed by atoms with Crippen LogP contribution >= 0.6 is 0 Å². The number of halogens is 3. The van der Waals surface area contributed by atoms with Crippen LogP contribution in [0.3, 0.4) is 0 Å². The van der Waals surface area contributed by atoms with E-state index in [9.17, 15) is 18.0 Å². The van der Waals surface area contributed by atoms with E-state index in [1.165, 1.54) is 12.1 Å². The molecule has 0 radical (unpaired) electrons. The lowest BCUT2D eigenvalue weighted by Gasteiger charge is -2.24. The summed E-state index contributed by atoms with van der Waals surface area (Å²) in [7, 11) is 1.56. The predicted octanol–water partition coefficient (Wildman–Crippen LogP) is 4.40. The molecular weight excluding hydrogens is 397 g/mol. The Morgan fingerprint density at radius 1 is 1.20 bits per heavy atom. The summed E-state index contributed by atoms with van der Waals surface area (Å²) in [6.45, 7) is 4.38. The molecule has 1 unspecified atom stereocenters. The number of nitriles is 1. The molecule has 2 aromatic rings. The second-order valence-corrected chi connectivity index (χ2v) is 7.85. The molecule has 0 aliphatic carbocycles. The Bertz CT molecular complexity index is 996. The first-order valence-electron chi connectivity index (χ1n) is 9.25. The topological polar surface area (TPSA) is 62.6 Å². The van der Waals surface area contributed by atoms with Crippen molar-refractivity contribution in [2.75, 3.05) is 13.7 Å². The first-order chi connectivity index (χ1) is 14.0. The second kappa shape index (κ2) is 7.90. The van der Waals surface area contributed by atoms with Crippen molar-refractivity contribution in [3.63, 3.8) is 0 Å². The van der Waals surface area contributed by atoms with Gasteiger partial charge in [0.2, 0.25) is 0 Å². The minimum atomic E-state index is -4.70. The molecule has 30 heavy (non-hydrogen) atoms. The Kier molecular flexibility index (Phi) is 5.66. The fourth-order valence-electron chi connectivity index (χ4n) is 3.55. The average Bonchev–Trinajstić information content (AvgIpc) is 2.90. The third-order valence-electron chi connectivity index (χ3n) is 5.02. The number of alkyl halides is 3. The first kappa shape index (κ1) is 21.5. The van der Waals surface area contributed by atoms with Gasteiger partial charge in [0.15, 0.2) is 6.10 Å². The molecule has 0 N–H and O–H groups in total. The maximum Gasteiger partial charge on any atom is 0.417 e. The lowest BCUT2D eigenvalue weighted by atomic mass is 9.89. The zero-order valence-corrected chi connectivity index (χ0v) is 16.8. The summed E-state index contributed by atoms with van der Waals surface area (Å²) < 4.78 is 50.6. The van der Waals surface area contributed by atoms with E-state index in [1.807, 2.05) is 32.0 Å². The van der Waals surface area contributed by atoms with Crippen LogP contribution in [0.2, 0.25) is 0 Å². The van der Waals surface area contributed by atoms with Crippen molar-refractivity contribution in [1.29, 1.82) is 5.26 Å². The van der Waals surface area contributed by atoms with Crippen LogP contribution in [0.1, 0.15) is 30.5 Å². The maximum atomic E-state index is 13.2. The average molecular weight is 418 g/mol. The number of hydrogen-bond donors (Lipinski definition) is 0. The molecular formula is C22H21F3N2O3. The summed E-state index contributed by atoms with van der Waals surface area (Å²) >= 11 is 0. The first-order valence-corrected chi connectivity index (χ1v) is 9.25. The smallest absolute Gasteiger partial charge is 0.417 e. The van der Waals surface area contributed by atoms with Crippen molar-refractivity contribution in [2.24, 2.45) is 5.41 Å². The number of hydrogen-bond acceptors (Lipinski definition) is 4. The van der Waals surface area contributed by atoms with Crippen molar-refractivity contribution in [3.8, 4) is 17.6 Å². The van der Waals surface area contributed by atoms with Gasteiger partial charge in [-0.15, -0.1) is 0 Å². The third-order valence-corrected chi connectivity index (χ3v) is 5.02. The van der Waals surface area contributed by atoms with E-state index in [1.54, 1.807) is 18.1 Å². The molecule has 1 aliphatic heterocycles. The highest BCUT2D eigenvalue weighted by Crippen LogP contribution is 2.38. The molecule has 1 saturated heterocycles. The summed E-state index contributed by atoms with van der Waals surface area (Å²) in [4.78, 5) is 14.6. The number of rotatable bonds is 5. The van der Waals surface area contributed by atoms with Gasteiger partial charge in [0, 0.05) is 18.5 Å². The molecule has 3 rings (SSSR count). The summed E-state index contributed by atoms with van der Waals surface area (Å²) in [6.07, 6.45) is -5.64. The zero-order chi connectivity index (χ0) is 22.1. The normalized spacial score (nSPS) is 18.2. The minimum Gasteiger partial charge on any atom is -0.497 e. The minimum absolute atomic E-state index is 0.101. The summed E-state index contributed by atoms with van der Waals surface area (Å²) in [5, 5.41) is 8.93. The number of methoxy groups -OCH3 is 1. The Morgan fingerprint density at radius 3 is 2.57 bits per heavy atom. The van der Waals surface area contributed by atoms with Gasteiger partial charge < -0.3 is 14.4 Å². The lowest BCUT2D eigenvalue weighted by Crippen LogP contribution is -2.36. The Balaban J connectivity index is 1.83. The fraction of sp³-hybridized carbons (Fsp3) is 0.364. The van der Waals surface area contributed by atoms with Crippen LogP contribution in [-0.4, -0.2) is 30.6 Å². The van der Waals surface area contributed by atoms with Crippen molar-refractivity contribution < 1.29 is 27.4 Å². The van der Waals surface area contributed by atoms with Crippen LogP contribution in [0.15, 0.2) is 42.5 Å². The maximum absolute atomic E-state index is 13.2. The molecule has 5 nitrogen and oxygen atoms in total. The number of carbonyl (C=O) groups excluding carboxylic acids is 1. The highest BCUT2D eigenvalue weighted by molar-refractivity contribution is 5.84. The molecule has 1 fully saturated rings. The number of benzene rings is 2. The van der Waals surface area contributed by atoms with Crippen LogP contribution < -0.4 is 9.47 Å². The third kappa shape index (κ3) is 4.35. The summed E-state index contributed by atoms with van der Waals surface area (Å²) in [5.41, 5.74) is -1.33. The van der Waals surface area contributed by atoms with Crippen LogP contribution in [0, 0.1) is 16.7 Å². The van der Waals surface area contributed by atoms with Crippen LogP contribution in [0.4, 0.5) is 13.2 Å². The molecule has 2 aromatic carbocycles.